The third-order valence-electron chi connectivity index (χ3n) is 4.68. The Kier molecular flexibility index (Phi) is 3.55. The van der Waals surface area contributed by atoms with Gasteiger partial charge in [-0.2, -0.15) is 9.61 Å². The molecule has 0 amide bonds. The first kappa shape index (κ1) is 14.9. The van der Waals surface area contributed by atoms with E-state index in [0.717, 1.165) is 54.8 Å². The van der Waals surface area contributed by atoms with Gasteiger partial charge in [-0.25, -0.2) is 15.0 Å². The Balaban J connectivity index is 1.58. The van der Waals surface area contributed by atoms with E-state index < -0.39 is 0 Å². The SMILES string of the molecule is Cc1cc(N2CCN(c3ncnc(C)c3C)CC2)n2nccc2n1. The molecular formula is C17H21N7. The van der Waals surface area contributed by atoms with Crippen molar-refractivity contribution >= 4 is 17.3 Å². The van der Waals surface area contributed by atoms with Gasteiger partial charge in [0.25, 0.3) is 0 Å². The average Bonchev–Trinajstić information content (AvgIpc) is 3.05. The van der Waals surface area contributed by atoms with E-state index in [4.69, 9.17) is 0 Å². The Morgan fingerprint density at radius 1 is 0.958 bits per heavy atom. The Hall–Kier alpha value is -2.70. The van der Waals surface area contributed by atoms with E-state index in [1.165, 1.54) is 5.56 Å². The van der Waals surface area contributed by atoms with E-state index >= 15 is 0 Å². The second-order valence-electron chi connectivity index (χ2n) is 6.24. The second kappa shape index (κ2) is 5.74. The molecule has 124 valence electrons. The van der Waals surface area contributed by atoms with Crippen LogP contribution in [0.15, 0.2) is 24.7 Å². The van der Waals surface area contributed by atoms with E-state index in [-0.39, 0.29) is 0 Å². The molecule has 0 saturated carbocycles. The van der Waals surface area contributed by atoms with Gasteiger partial charge in [-0.1, -0.05) is 0 Å². The number of hydrogen-bond acceptors (Lipinski definition) is 6. The van der Waals surface area contributed by atoms with Crippen molar-refractivity contribution in [2.45, 2.75) is 20.8 Å². The highest BCUT2D eigenvalue weighted by molar-refractivity contribution is 5.53. The molecule has 4 heterocycles. The predicted octanol–water partition coefficient (Wildman–Crippen LogP) is 1.77. The molecule has 0 bridgehead atoms. The molecule has 7 heteroatoms. The van der Waals surface area contributed by atoms with E-state index in [9.17, 15) is 0 Å². The van der Waals surface area contributed by atoms with E-state index in [1.54, 1.807) is 12.5 Å². The molecule has 1 aliphatic rings. The molecule has 7 nitrogen and oxygen atoms in total. The lowest BCUT2D eigenvalue weighted by molar-refractivity contribution is 0.630. The van der Waals surface area contributed by atoms with Crippen molar-refractivity contribution in [3.8, 4) is 0 Å². The lowest BCUT2D eigenvalue weighted by Gasteiger charge is -2.37. The molecule has 1 saturated heterocycles. The van der Waals surface area contributed by atoms with Crippen LogP contribution in [0.4, 0.5) is 11.6 Å². The minimum atomic E-state index is 0.898. The quantitative estimate of drug-likeness (QED) is 0.716. The van der Waals surface area contributed by atoms with Crippen LogP contribution < -0.4 is 9.80 Å². The van der Waals surface area contributed by atoms with Crippen LogP contribution in [-0.2, 0) is 0 Å². The Morgan fingerprint density at radius 2 is 1.71 bits per heavy atom. The predicted molar refractivity (Wildman–Crippen MR) is 93.7 cm³/mol. The fraction of sp³-hybridized carbons (Fsp3) is 0.412. The number of anilines is 2. The topological polar surface area (TPSA) is 62.5 Å². The number of aromatic nitrogens is 5. The highest BCUT2D eigenvalue weighted by atomic mass is 15.4. The summed E-state index contributed by atoms with van der Waals surface area (Å²) < 4.78 is 1.92. The van der Waals surface area contributed by atoms with Crippen molar-refractivity contribution in [3.05, 3.63) is 41.6 Å². The van der Waals surface area contributed by atoms with Crippen molar-refractivity contribution in [2.75, 3.05) is 36.0 Å². The maximum absolute atomic E-state index is 4.52. The summed E-state index contributed by atoms with van der Waals surface area (Å²) in [6, 6.07) is 4.05. The zero-order valence-electron chi connectivity index (χ0n) is 14.3. The molecular weight excluding hydrogens is 302 g/mol. The fourth-order valence-corrected chi connectivity index (χ4v) is 3.24. The van der Waals surface area contributed by atoms with Gasteiger partial charge in [0.2, 0.25) is 0 Å². The maximum Gasteiger partial charge on any atom is 0.157 e. The lowest BCUT2D eigenvalue weighted by Crippen LogP contribution is -2.47. The van der Waals surface area contributed by atoms with Gasteiger partial charge in [-0.3, -0.25) is 0 Å². The summed E-state index contributed by atoms with van der Waals surface area (Å²) in [5, 5.41) is 4.42. The first-order chi connectivity index (χ1) is 11.6. The summed E-state index contributed by atoms with van der Waals surface area (Å²) in [6.45, 7) is 9.88. The molecule has 0 unspecified atom stereocenters. The van der Waals surface area contributed by atoms with Gasteiger partial charge in [0.15, 0.2) is 5.65 Å². The van der Waals surface area contributed by atoms with Crippen LogP contribution in [0.5, 0.6) is 0 Å². The minimum Gasteiger partial charge on any atom is -0.353 e. The molecule has 0 aliphatic carbocycles. The zero-order chi connectivity index (χ0) is 16.7. The van der Waals surface area contributed by atoms with Crippen LogP contribution in [0, 0.1) is 20.8 Å². The van der Waals surface area contributed by atoms with Gasteiger partial charge in [0, 0.05) is 55.3 Å². The van der Waals surface area contributed by atoms with Gasteiger partial charge < -0.3 is 9.80 Å². The summed E-state index contributed by atoms with van der Waals surface area (Å²) in [4.78, 5) is 18.0. The molecule has 0 radical (unpaired) electrons. The van der Waals surface area contributed by atoms with Gasteiger partial charge in [-0.15, -0.1) is 0 Å². The zero-order valence-corrected chi connectivity index (χ0v) is 14.3. The first-order valence-corrected chi connectivity index (χ1v) is 8.23. The van der Waals surface area contributed by atoms with Crippen molar-refractivity contribution in [3.63, 3.8) is 0 Å². The molecule has 3 aromatic rings. The third-order valence-corrected chi connectivity index (χ3v) is 4.68. The average molecular weight is 323 g/mol. The monoisotopic (exact) mass is 323 g/mol. The van der Waals surface area contributed by atoms with Gasteiger partial charge >= 0.3 is 0 Å². The summed E-state index contributed by atoms with van der Waals surface area (Å²) in [5.41, 5.74) is 4.13. The van der Waals surface area contributed by atoms with Crippen LogP contribution in [0.3, 0.4) is 0 Å². The number of rotatable bonds is 2. The Bertz CT molecular complexity index is 878. The number of hydrogen-bond donors (Lipinski definition) is 0. The molecule has 0 atom stereocenters. The van der Waals surface area contributed by atoms with Gasteiger partial charge in [0.05, 0.1) is 6.20 Å². The number of aryl methyl sites for hydroxylation is 2. The van der Waals surface area contributed by atoms with Crippen LogP contribution in [0.25, 0.3) is 5.65 Å². The van der Waals surface area contributed by atoms with E-state index in [2.05, 4.69) is 42.8 Å². The van der Waals surface area contributed by atoms with E-state index in [0.29, 0.717) is 0 Å². The molecule has 0 N–H and O–H groups in total. The molecule has 1 aliphatic heterocycles. The number of piperazine rings is 1. The minimum absolute atomic E-state index is 0.898. The van der Waals surface area contributed by atoms with E-state index in [1.807, 2.05) is 24.4 Å². The van der Waals surface area contributed by atoms with Crippen molar-refractivity contribution < 1.29 is 0 Å². The standard InChI is InChI=1S/C17H21N7/c1-12-10-16(24-15(21-12)4-5-20-24)22-6-8-23(9-7-22)17-13(2)14(3)18-11-19-17/h4-5,10-11H,6-9H2,1-3H3. The Morgan fingerprint density at radius 3 is 2.50 bits per heavy atom. The van der Waals surface area contributed by atoms with Gasteiger partial charge in [0.1, 0.15) is 18.0 Å². The van der Waals surface area contributed by atoms with Crippen LogP contribution in [0.1, 0.15) is 17.0 Å². The molecule has 3 aromatic heterocycles. The van der Waals surface area contributed by atoms with Crippen LogP contribution >= 0.6 is 0 Å². The number of nitrogens with zero attached hydrogens (tertiary/aromatic N) is 7. The highest BCUT2D eigenvalue weighted by Gasteiger charge is 2.22. The van der Waals surface area contributed by atoms with Crippen molar-refractivity contribution in [1.29, 1.82) is 0 Å². The smallest absolute Gasteiger partial charge is 0.157 e. The second-order valence-corrected chi connectivity index (χ2v) is 6.24. The molecule has 1 fully saturated rings. The summed E-state index contributed by atoms with van der Waals surface area (Å²) in [5.74, 6) is 2.16. The summed E-state index contributed by atoms with van der Waals surface area (Å²) in [6.07, 6.45) is 3.46. The van der Waals surface area contributed by atoms with Gasteiger partial charge in [-0.05, 0) is 20.8 Å². The summed E-state index contributed by atoms with van der Waals surface area (Å²) >= 11 is 0. The van der Waals surface area contributed by atoms with Crippen molar-refractivity contribution in [1.82, 2.24) is 24.6 Å². The Labute approximate surface area is 141 Å². The lowest BCUT2D eigenvalue weighted by atomic mass is 10.2. The third kappa shape index (κ3) is 2.46. The largest absolute Gasteiger partial charge is 0.353 e. The van der Waals surface area contributed by atoms with Crippen LogP contribution in [-0.4, -0.2) is 50.7 Å². The number of fused-ring (bicyclic) bond motifs is 1. The highest BCUT2D eigenvalue weighted by Crippen LogP contribution is 2.23. The maximum atomic E-state index is 4.52. The summed E-state index contributed by atoms with van der Waals surface area (Å²) in [7, 11) is 0. The van der Waals surface area contributed by atoms with Crippen LogP contribution in [0.2, 0.25) is 0 Å². The van der Waals surface area contributed by atoms with Crippen molar-refractivity contribution in [2.24, 2.45) is 0 Å². The molecule has 24 heavy (non-hydrogen) atoms. The molecule has 4 rings (SSSR count). The fourth-order valence-electron chi connectivity index (χ4n) is 3.24. The normalized spacial score (nSPS) is 15.3. The first-order valence-electron chi connectivity index (χ1n) is 8.23. The molecule has 0 spiro atoms. The molecule has 0 aromatic carbocycles.